The Labute approximate surface area is 267 Å². The van der Waals surface area contributed by atoms with Crippen molar-refractivity contribution in [2.45, 2.75) is 64.5 Å². The normalized spacial score (nSPS) is 11.9. The summed E-state index contributed by atoms with van der Waals surface area (Å²) in [5.41, 5.74) is 6.79. The van der Waals surface area contributed by atoms with E-state index in [0.29, 0.717) is 30.7 Å². The number of aliphatic carboxylic acids is 2. The van der Waals surface area contributed by atoms with Crippen molar-refractivity contribution in [2.24, 2.45) is 0 Å². The predicted octanol–water partition coefficient (Wildman–Crippen LogP) is 8.02. The molecule has 4 rings (SSSR count). The van der Waals surface area contributed by atoms with Crippen LogP contribution in [0.4, 0.5) is 0 Å². The first kappa shape index (κ1) is 34.8. The van der Waals surface area contributed by atoms with Gasteiger partial charge < -0.3 is 20.3 Å². The molecule has 0 aliphatic rings. The largest absolute Gasteiger partial charge is 0.489 e. The number of ether oxygens (including phenoxy) is 1. The Morgan fingerprint density at radius 2 is 1.22 bits per heavy atom. The van der Waals surface area contributed by atoms with Gasteiger partial charge in [0.15, 0.2) is 0 Å². The third-order valence-electron chi connectivity index (χ3n) is 7.39. The second-order valence-corrected chi connectivity index (χ2v) is 12.1. The molecular formula is C39H45NO5. The van der Waals surface area contributed by atoms with Crippen LogP contribution in [0.2, 0.25) is 0 Å². The van der Waals surface area contributed by atoms with Crippen molar-refractivity contribution in [3.8, 4) is 5.75 Å². The molecule has 4 aromatic carbocycles. The van der Waals surface area contributed by atoms with Crippen molar-refractivity contribution in [1.82, 2.24) is 5.32 Å². The molecule has 0 aromatic heterocycles. The van der Waals surface area contributed by atoms with Crippen LogP contribution in [0, 0.1) is 0 Å². The first-order valence-electron chi connectivity index (χ1n) is 15.3. The molecule has 6 heteroatoms. The minimum Gasteiger partial charge on any atom is -0.489 e. The first-order chi connectivity index (χ1) is 21.5. The molecule has 0 aliphatic heterocycles. The molecule has 0 aliphatic carbocycles. The SMILES string of the molecule is CC(Cc1ccc(OCc2ccc(C(C)(C)C)cc2)cc1)NCCC(c1ccccc1)c1ccccc1.O=C(O)/C=C\C(=O)O. The standard InChI is InChI=1S/C35H41NO.C4H4O4/c1-27(36-24-23-34(30-11-7-5-8-12-30)31-13-9-6-10-14-31)25-28-17-21-33(22-18-28)37-26-29-15-19-32(20-16-29)35(2,3)4;5-3(6)1-2-4(7)8/h5-22,27,34,36H,23-26H2,1-4H3;1-2H,(H,5,6)(H,7,8)/b;2-1-. The maximum absolute atomic E-state index is 9.55. The number of hydrogen-bond donors (Lipinski definition) is 3. The summed E-state index contributed by atoms with van der Waals surface area (Å²) in [6, 6.07) is 39.4. The van der Waals surface area contributed by atoms with Crippen LogP contribution in [0.3, 0.4) is 0 Å². The van der Waals surface area contributed by atoms with E-state index >= 15 is 0 Å². The molecule has 1 unspecified atom stereocenters. The molecule has 4 aromatic rings. The molecular weight excluding hydrogens is 562 g/mol. The summed E-state index contributed by atoms with van der Waals surface area (Å²) in [4.78, 5) is 19.1. The summed E-state index contributed by atoms with van der Waals surface area (Å²) in [6.07, 6.45) is 3.18. The van der Waals surface area contributed by atoms with Gasteiger partial charge in [0, 0.05) is 24.1 Å². The Morgan fingerprint density at radius 1 is 0.733 bits per heavy atom. The average molecular weight is 608 g/mol. The zero-order valence-electron chi connectivity index (χ0n) is 26.6. The Balaban J connectivity index is 0.000000610. The maximum Gasteiger partial charge on any atom is 0.328 e. The zero-order chi connectivity index (χ0) is 32.7. The molecule has 6 nitrogen and oxygen atoms in total. The second-order valence-electron chi connectivity index (χ2n) is 12.1. The van der Waals surface area contributed by atoms with Gasteiger partial charge in [0.25, 0.3) is 0 Å². The number of rotatable bonds is 13. The number of carbonyl (C=O) groups is 2. The van der Waals surface area contributed by atoms with Crippen molar-refractivity contribution in [3.05, 3.63) is 149 Å². The summed E-state index contributed by atoms with van der Waals surface area (Å²) < 4.78 is 6.04. The molecule has 0 fully saturated rings. The van der Waals surface area contributed by atoms with Gasteiger partial charge in [-0.05, 0) is 71.7 Å². The van der Waals surface area contributed by atoms with Crippen molar-refractivity contribution < 1.29 is 24.5 Å². The third-order valence-corrected chi connectivity index (χ3v) is 7.39. The van der Waals surface area contributed by atoms with Crippen LogP contribution < -0.4 is 10.1 Å². The summed E-state index contributed by atoms with van der Waals surface area (Å²) in [6.45, 7) is 10.6. The Kier molecular flexibility index (Phi) is 13.6. The molecule has 0 saturated carbocycles. The Hall–Kier alpha value is -4.68. The number of carboxylic acid groups (broad SMARTS) is 2. The summed E-state index contributed by atoms with van der Waals surface area (Å²) in [7, 11) is 0. The average Bonchev–Trinajstić information content (AvgIpc) is 3.03. The van der Waals surface area contributed by atoms with Crippen molar-refractivity contribution in [2.75, 3.05) is 6.54 Å². The maximum atomic E-state index is 9.55. The molecule has 0 radical (unpaired) electrons. The predicted molar refractivity (Wildman–Crippen MR) is 181 cm³/mol. The van der Waals surface area contributed by atoms with Gasteiger partial charge in [-0.3, -0.25) is 0 Å². The van der Waals surface area contributed by atoms with Gasteiger partial charge in [0.1, 0.15) is 12.4 Å². The highest BCUT2D eigenvalue weighted by Gasteiger charge is 2.15. The Morgan fingerprint density at radius 3 is 1.69 bits per heavy atom. The fourth-order valence-corrected chi connectivity index (χ4v) is 4.93. The monoisotopic (exact) mass is 607 g/mol. The molecule has 0 saturated heterocycles. The van der Waals surface area contributed by atoms with E-state index in [1.807, 2.05) is 0 Å². The third kappa shape index (κ3) is 12.8. The molecule has 0 spiro atoms. The van der Waals surface area contributed by atoms with Crippen LogP contribution in [-0.2, 0) is 28.0 Å². The number of benzene rings is 4. The first-order valence-corrected chi connectivity index (χ1v) is 15.3. The van der Waals surface area contributed by atoms with Crippen LogP contribution in [0.5, 0.6) is 5.75 Å². The van der Waals surface area contributed by atoms with Crippen LogP contribution in [-0.4, -0.2) is 34.7 Å². The lowest BCUT2D eigenvalue weighted by atomic mass is 9.87. The van der Waals surface area contributed by atoms with Crippen molar-refractivity contribution in [3.63, 3.8) is 0 Å². The molecule has 236 valence electrons. The summed E-state index contributed by atoms with van der Waals surface area (Å²) in [5.74, 6) is -1.19. The van der Waals surface area contributed by atoms with Crippen LogP contribution in [0.15, 0.2) is 121 Å². The van der Waals surface area contributed by atoms with Gasteiger partial charge in [0.2, 0.25) is 0 Å². The fourth-order valence-electron chi connectivity index (χ4n) is 4.93. The summed E-state index contributed by atoms with van der Waals surface area (Å²) >= 11 is 0. The fraction of sp³-hybridized carbons (Fsp3) is 0.282. The lowest BCUT2D eigenvalue weighted by molar-refractivity contribution is -0.134. The van der Waals surface area contributed by atoms with E-state index in [9.17, 15) is 9.59 Å². The van der Waals surface area contributed by atoms with E-state index in [2.05, 4.69) is 142 Å². The van der Waals surface area contributed by atoms with E-state index < -0.39 is 11.9 Å². The molecule has 0 amide bonds. The van der Waals surface area contributed by atoms with Gasteiger partial charge >= 0.3 is 11.9 Å². The van der Waals surface area contributed by atoms with Crippen LogP contribution >= 0.6 is 0 Å². The summed E-state index contributed by atoms with van der Waals surface area (Å²) in [5, 5.41) is 19.4. The van der Waals surface area contributed by atoms with E-state index in [0.717, 1.165) is 25.1 Å². The van der Waals surface area contributed by atoms with Crippen molar-refractivity contribution >= 4 is 11.9 Å². The number of carboxylic acids is 2. The highest BCUT2D eigenvalue weighted by molar-refractivity contribution is 5.89. The number of hydrogen-bond acceptors (Lipinski definition) is 4. The molecule has 0 bridgehead atoms. The number of nitrogens with one attached hydrogen (secondary N) is 1. The van der Waals surface area contributed by atoms with Gasteiger partial charge in [-0.1, -0.05) is 118 Å². The quantitative estimate of drug-likeness (QED) is 0.133. The van der Waals surface area contributed by atoms with Gasteiger partial charge in [0.05, 0.1) is 0 Å². The van der Waals surface area contributed by atoms with Crippen molar-refractivity contribution in [1.29, 1.82) is 0 Å². The lowest BCUT2D eigenvalue weighted by Gasteiger charge is -2.20. The molecule has 3 N–H and O–H groups in total. The van der Waals surface area contributed by atoms with E-state index in [-0.39, 0.29) is 5.41 Å². The van der Waals surface area contributed by atoms with E-state index in [4.69, 9.17) is 14.9 Å². The molecule has 45 heavy (non-hydrogen) atoms. The molecule has 0 heterocycles. The van der Waals surface area contributed by atoms with E-state index in [1.54, 1.807) is 0 Å². The zero-order valence-corrected chi connectivity index (χ0v) is 26.6. The van der Waals surface area contributed by atoms with Crippen LogP contribution in [0.25, 0.3) is 0 Å². The highest BCUT2D eigenvalue weighted by atomic mass is 16.5. The van der Waals surface area contributed by atoms with Gasteiger partial charge in [-0.2, -0.15) is 0 Å². The topological polar surface area (TPSA) is 95.9 Å². The van der Waals surface area contributed by atoms with E-state index in [1.165, 1.54) is 27.8 Å². The highest BCUT2D eigenvalue weighted by Crippen LogP contribution is 2.27. The second kappa shape index (κ2) is 17.6. The van der Waals surface area contributed by atoms with Gasteiger partial charge in [-0.25, -0.2) is 9.59 Å². The molecule has 1 atom stereocenters. The minimum absolute atomic E-state index is 0.173. The van der Waals surface area contributed by atoms with Crippen LogP contribution in [0.1, 0.15) is 67.9 Å². The lowest BCUT2D eigenvalue weighted by Crippen LogP contribution is -2.30. The Bertz CT molecular complexity index is 1420. The van der Waals surface area contributed by atoms with Gasteiger partial charge in [-0.15, -0.1) is 0 Å². The smallest absolute Gasteiger partial charge is 0.328 e. The minimum atomic E-state index is -1.26.